The van der Waals surface area contributed by atoms with E-state index >= 15 is 0 Å². The molecular formula is C14H28N2O. The van der Waals surface area contributed by atoms with Crippen LogP contribution in [0, 0.1) is 5.92 Å². The van der Waals surface area contributed by atoms with Crippen molar-refractivity contribution in [3.63, 3.8) is 0 Å². The number of hydrogen-bond acceptors (Lipinski definition) is 2. The van der Waals surface area contributed by atoms with Crippen molar-refractivity contribution in [1.82, 2.24) is 10.6 Å². The summed E-state index contributed by atoms with van der Waals surface area (Å²) in [6.45, 7) is 9.11. The third-order valence-corrected chi connectivity index (χ3v) is 3.68. The second-order valence-electron chi connectivity index (χ2n) is 5.99. The first-order chi connectivity index (χ1) is 7.94. The highest BCUT2D eigenvalue weighted by atomic mass is 16.2. The zero-order valence-corrected chi connectivity index (χ0v) is 11.8. The van der Waals surface area contributed by atoms with E-state index in [1.165, 1.54) is 25.7 Å². The number of carbonyl (C=O) groups excluding carboxylic acids is 1. The maximum atomic E-state index is 11.9. The maximum Gasteiger partial charge on any atom is 0.237 e. The molecule has 0 radical (unpaired) electrons. The first-order valence-corrected chi connectivity index (χ1v) is 7.00. The van der Waals surface area contributed by atoms with Crippen LogP contribution in [0.2, 0.25) is 0 Å². The van der Waals surface area contributed by atoms with E-state index in [1.54, 1.807) is 0 Å². The average Bonchev–Trinajstić information content (AvgIpc) is 3.07. The second kappa shape index (κ2) is 6.39. The molecule has 0 saturated heterocycles. The Balaban J connectivity index is 2.12. The SMILES string of the molecule is CCC(C)(C)NC(=O)C(C)NCCCC1CC1. The molecule has 1 saturated carbocycles. The summed E-state index contributed by atoms with van der Waals surface area (Å²) >= 11 is 0. The zero-order chi connectivity index (χ0) is 12.9. The molecule has 0 aliphatic heterocycles. The fourth-order valence-corrected chi connectivity index (χ4v) is 1.74. The van der Waals surface area contributed by atoms with E-state index in [0.717, 1.165) is 18.9 Å². The number of rotatable bonds is 8. The van der Waals surface area contributed by atoms with E-state index in [0.29, 0.717) is 0 Å². The van der Waals surface area contributed by atoms with Crippen LogP contribution in [0.1, 0.15) is 59.8 Å². The van der Waals surface area contributed by atoms with Gasteiger partial charge >= 0.3 is 0 Å². The Kier molecular flexibility index (Phi) is 5.44. The standard InChI is InChI=1S/C14H28N2O/c1-5-14(3,4)16-13(17)11(2)15-10-6-7-12-8-9-12/h11-12,15H,5-10H2,1-4H3,(H,16,17). The molecule has 0 aromatic rings. The molecule has 0 spiro atoms. The summed E-state index contributed by atoms with van der Waals surface area (Å²) in [6.07, 6.45) is 6.30. The molecule has 1 fully saturated rings. The van der Waals surface area contributed by atoms with Gasteiger partial charge in [0.2, 0.25) is 5.91 Å². The van der Waals surface area contributed by atoms with Crippen LogP contribution in [0.15, 0.2) is 0 Å². The van der Waals surface area contributed by atoms with E-state index in [2.05, 4.69) is 31.4 Å². The topological polar surface area (TPSA) is 41.1 Å². The van der Waals surface area contributed by atoms with Gasteiger partial charge in [-0.25, -0.2) is 0 Å². The largest absolute Gasteiger partial charge is 0.350 e. The summed E-state index contributed by atoms with van der Waals surface area (Å²) in [4.78, 5) is 11.9. The highest BCUT2D eigenvalue weighted by Crippen LogP contribution is 2.33. The first-order valence-electron chi connectivity index (χ1n) is 7.00. The summed E-state index contributed by atoms with van der Waals surface area (Å²) in [6, 6.07) is -0.0833. The predicted octanol–water partition coefficient (Wildman–Crippen LogP) is 2.46. The lowest BCUT2D eigenvalue weighted by molar-refractivity contribution is -0.124. The maximum absolute atomic E-state index is 11.9. The van der Waals surface area contributed by atoms with Gasteiger partial charge < -0.3 is 10.6 Å². The molecule has 0 aromatic carbocycles. The van der Waals surface area contributed by atoms with Crippen LogP contribution in [0.4, 0.5) is 0 Å². The van der Waals surface area contributed by atoms with E-state index in [4.69, 9.17) is 0 Å². The molecule has 1 aliphatic rings. The van der Waals surface area contributed by atoms with Crippen molar-refractivity contribution in [3.8, 4) is 0 Å². The minimum atomic E-state index is -0.0962. The Bertz CT molecular complexity index is 247. The highest BCUT2D eigenvalue weighted by Gasteiger charge is 2.22. The molecule has 0 aromatic heterocycles. The first kappa shape index (κ1) is 14.5. The number of amides is 1. The lowest BCUT2D eigenvalue weighted by Gasteiger charge is -2.26. The van der Waals surface area contributed by atoms with Crippen molar-refractivity contribution in [3.05, 3.63) is 0 Å². The van der Waals surface area contributed by atoms with Crippen LogP contribution in [-0.4, -0.2) is 24.0 Å². The molecule has 0 bridgehead atoms. The van der Waals surface area contributed by atoms with Crippen LogP contribution in [0.5, 0.6) is 0 Å². The monoisotopic (exact) mass is 240 g/mol. The molecule has 0 heterocycles. The van der Waals surface area contributed by atoms with Crippen molar-refractivity contribution in [2.24, 2.45) is 5.92 Å². The van der Waals surface area contributed by atoms with Crippen LogP contribution < -0.4 is 10.6 Å². The van der Waals surface area contributed by atoms with Gasteiger partial charge in [0.15, 0.2) is 0 Å². The molecule has 1 atom stereocenters. The van der Waals surface area contributed by atoms with Crippen molar-refractivity contribution in [1.29, 1.82) is 0 Å². The van der Waals surface area contributed by atoms with Crippen molar-refractivity contribution in [2.75, 3.05) is 6.54 Å². The summed E-state index contributed by atoms with van der Waals surface area (Å²) in [5.41, 5.74) is -0.0962. The molecule has 17 heavy (non-hydrogen) atoms. The van der Waals surface area contributed by atoms with E-state index in [9.17, 15) is 4.79 Å². The Labute approximate surface area is 106 Å². The Morgan fingerprint density at radius 2 is 2.06 bits per heavy atom. The van der Waals surface area contributed by atoms with Gasteiger partial charge in [0.25, 0.3) is 0 Å². The predicted molar refractivity (Wildman–Crippen MR) is 71.9 cm³/mol. The van der Waals surface area contributed by atoms with Crippen LogP contribution >= 0.6 is 0 Å². The lowest BCUT2D eigenvalue weighted by atomic mass is 10.0. The fraction of sp³-hybridized carbons (Fsp3) is 0.929. The second-order valence-corrected chi connectivity index (χ2v) is 5.99. The summed E-state index contributed by atoms with van der Waals surface area (Å²) in [7, 11) is 0. The molecule has 100 valence electrons. The van der Waals surface area contributed by atoms with Gasteiger partial charge in [-0.05, 0) is 52.5 Å². The molecule has 1 amide bonds. The molecule has 3 heteroatoms. The third kappa shape index (κ3) is 6.06. The molecule has 1 unspecified atom stereocenters. The van der Waals surface area contributed by atoms with Gasteiger partial charge in [-0.3, -0.25) is 4.79 Å². The lowest BCUT2D eigenvalue weighted by Crippen LogP contribution is -2.50. The Morgan fingerprint density at radius 3 is 2.59 bits per heavy atom. The summed E-state index contributed by atoms with van der Waals surface area (Å²) < 4.78 is 0. The van der Waals surface area contributed by atoms with Gasteiger partial charge in [0.1, 0.15) is 0 Å². The number of nitrogens with one attached hydrogen (secondary N) is 2. The molecule has 1 rings (SSSR count). The number of carbonyl (C=O) groups is 1. The van der Waals surface area contributed by atoms with Crippen molar-refractivity contribution < 1.29 is 4.79 Å². The molecule has 3 nitrogen and oxygen atoms in total. The minimum Gasteiger partial charge on any atom is -0.350 e. The normalized spacial score (nSPS) is 17.9. The van der Waals surface area contributed by atoms with Crippen LogP contribution in [-0.2, 0) is 4.79 Å². The van der Waals surface area contributed by atoms with E-state index < -0.39 is 0 Å². The quantitative estimate of drug-likeness (QED) is 0.640. The molecule has 2 N–H and O–H groups in total. The molecular weight excluding hydrogens is 212 g/mol. The van der Waals surface area contributed by atoms with Gasteiger partial charge in [-0.2, -0.15) is 0 Å². The van der Waals surface area contributed by atoms with Crippen molar-refractivity contribution in [2.45, 2.75) is 71.4 Å². The van der Waals surface area contributed by atoms with Crippen LogP contribution in [0.25, 0.3) is 0 Å². The molecule has 1 aliphatic carbocycles. The third-order valence-electron chi connectivity index (χ3n) is 3.68. The Morgan fingerprint density at radius 1 is 1.41 bits per heavy atom. The minimum absolute atomic E-state index is 0.0833. The van der Waals surface area contributed by atoms with Crippen LogP contribution in [0.3, 0.4) is 0 Å². The summed E-state index contributed by atoms with van der Waals surface area (Å²) in [5.74, 6) is 1.10. The van der Waals surface area contributed by atoms with E-state index in [1.807, 2.05) is 6.92 Å². The number of hydrogen-bond donors (Lipinski definition) is 2. The Hall–Kier alpha value is -0.570. The smallest absolute Gasteiger partial charge is 0.237 e. The van der Waals surface area contributed by atoms with Gasteiger partial charge in [0, 0.05) is 5.54 Å². The van der Waals surface area contributed by atoms with Crippen molar-refractivity contribution >= 4 is 5.91 Å². The highest BCUT2D eigenvalue weighted by molar-refractivity contribution is 5.81. The summed E-state index contributed by atoms with van der Waals surface area (Å²) in [5, 5.41) is 6.37. The van der Waals surface area contributed by atoms with E-state index in [-0.39, 0.29) is 17.5 Å². The average molecular weight is 240 g/mol. The van der Waals surface area contributed by atoms with Gasteiger partial charge in [0.05, 0.1) is 6.04 Å². The fourth-order valence-electron chi connectivity index (χ4n) is 1.74. The van der Waals surface area contributed by atoms with Gasteiger partial charge in [-0.1, -0.05) is 19.8 Å². The van der Waals surface area contributed by atoms with Gasteiger partial charge in [-0.15, -0.1) is 0 Å². The zero-order valence-electron chi connectivity index (χ0n) is 11.8.